The van der Waals surface area contributed by atoms with Gasteiger partial charge in [-0.1, -0.05) is 25.0 Å². The van der Waals surface area contributed by atoms with E-state index >= 15 is 0 Å². The average molecular weight is 286 g/mol. The van der Waals surface area contributed by atoms with Crippen molar-refractivity contribution in [1.82, 2.24) is 10.3 Å². The number of aliphatic hydroxyl groups excluding tert-OH is 1. The highest BCUT2D eigenvalue weighted by molar-refractivity contribution is 5.95. The Morgan fingerprint density at radius 1 is 1.24 bits per heavy atom. The lowest BCUT2D eigenvalue weighted by Crippen LogP contribution is -2.45. The molecule has 2 aromatic rings. The van der Waals surface area contributed by atoms with Crippen LogP contribution in [0.1, 0.15) is 36.2 Å². The van der Waals surface area contributed by atoms with E-state index < -0.39 is 6.10 Å². The third-order valence-corrected chi connectivity index (χ3v) is 4.03. The summed E-state index contributed by atoms with van der Waals surface area (Å²) in [5.41, 5.74) is 0.689. The number of benzene rings is 1. The van der Waals surface area contributed by atoms with Crippen molar-refractivity contribution in [2.24, 2.45) is 0 Å². The van der Waals surface area contributed by atoms with Crippen molar-refractivity contribution in [3.05, 3.63) is 46.2 Å². The maximum Gasteiger partial charge on any atom is 0.268 e. The number of aromatic amines is 1. The van der Waals surface area contributed by atoms with Gasteiger partial charge in [0.15, 0.2) is 5.43 Å². The highest BCUT2D eigenvalue weighted by Gasteiger charge is 2.25. The van der Waals surface area contributed by atoms with Gasteiger partial charge in [0.1, 0.15) is 5.69 Å². The number of nitrogens with one attached hydrogen (secondary N) is 2. The second-order valence-corrected chi connectivity index (χ2v) is 5.52. The predicted molar refractivity (Wildman–Crippen MR) is 80.3 cm³/mol. The minimum absolute atomic E-state index is 0.182. The highest BCUT2D eigenvalue weighted by atomic mass is 16.3. The summed E-state index contributed by atoms with van der Waals surface area (Å²) in [5.74, 6) is -0.344. The standard InChI is InChI=1S/C16H18N2O3/c19-14-8-4-3-7-12(14)18-16(21)13-9-15(20)10-5-1-2-6-11(10)17-13/h1-2,5-6,9,12,14,19H,3-4,7-8H2,(H,17,20)(H,18,21)/t12-,14-/m0/s1. The topological polar surface area (TPSA) is 82.2 Å². The molecule has 5 nitrogen and oxygen atoms in total. The minimum atomic E-state index is -0.505. The minimum Gasteiger partial charge on any atom is -0.391 e. The van der Waals surface area contributed by atoms with E-state index in [1.807, 2.05) is 6.07 Å². The van der Waals surface area contributed by atoms with E-state index in [2.05, 4.69) is 10.3 Å². The molecular formula is C16H18N2O3. The zero-order chi connectivity index (χ0) is 14.8. The maximum atomic E-state index is 12.3. The second kappa shape index (κ2) is 5.69. The van der Waals surface area contributed by atoms with Gasteiger partial charge >= 0.3 is 0 Å². The smallest absolute Gasteiger partial charge is 0.268 e. The average Bonchev–Trinajstić information content (AvgIpc) is 2.49. The molecule has 1 heterocycles. The molecule has 21 heavy (non-hydrogen) atoms. The van der Waals surface area contributed by atoms with Gasteiger partial charge in [-0.15, -0.1) is 0 Å². The van der Waals surface area contributed by atoms with Gasteiger partial charge in [0, 0.05) is 17.0 Å². The Hall–Kier alpha value is -2.14. The van der Waals surface area contributed by atoms with Gasteiger partial charge in [-0.25, -0.2) is 0 Å². The Bertz CT molecular complexity index is 723. The molecule has 1 fully saturated rings. The molecule has 3 rings (SSSR count). The number of H-pyrrole nitrogens is 1. The summed E-state index contributed by atoms with van der Waals surface area (Å²) in [6.45, 7) is 0. The number of aliphatic hydroxyl groups is 1. The molecule has 5 heteroatoms. The fourth-order valence-electron chi connectivity index (χ4n) is 2.85. The molecule has 2 atom stereocenters. The number of rotatable bonds is 2. The van der Waals surface area contributed by atoms with Crippen LogP contribution in [0, 0.1) is 0 Å². The van der Waals surface area contributed by atoms with Crippen LogP contribution in [0.15, 0.2) is 35.1 Å². The van der Waals surface area contributed by atoms with Gasteiger partial charge in [0.25, 0.3) is 5.91 Å². The van der Waals surface area contributed by atoms with Gasteiger partial charge in [0.05, 0.1) is 12.1 Å². The number of hydrogen-bond acceptors (Lipinski definition) is 3. The number of carbonyl (C=O) groups excluding carboxylic acids is 1. The molecule has 0 radical (unpaired) electrons. The Morgan fingerprint density at radius 3 is 2.81 bits per heavy atom. The third kappa shape index (κ3) is 2.83. The first-order chi connectivity index (χ1) is 10.1. The lowest BCUT2D eigenvalue weighted by atomic mass is 9.92. The molecule has 0 saturated heterocycles. The fraction of sp³-hybridized carbons (Fsp3) is 0.375. The molecule has 3 N–H and O–H groups in total. The molecule has 1 aromatic carbocycles. The lowest BCUT2D eigenvalue weighted by molar-refractivity contribution is 0.0714. The molecule has 1 aliphatic rings. The summed E-state index contributed by atoms with van der Waals surface area (Å²) in [4.78, 5) is 27.3. The van der Waals surface area contributed by atoms with E-state index in [1.54, 1.807) is 18.2 Å². The van der Waals surface area contributed by atoms with Crippen LogP contribution < -0.4 is 10.7 Å². The van der Waals surface area contributed by atoms with E-state index in [0.29, 0.717) is 17.3 Å². The van der Waals surface area contributed by atoms with Gasteiger partial charge in [-0.3, -0.25) is 9.59 Å². The molecule has 0 bridgehead atoms. The zero-order valence-electron chi connectivity index (χ0n) is 11.6. The number of hydrogen-bond donors (Lipinski definition) is 3. The van der Waals surface area contributed by atoms with Crippen molar-refractivity contribution in [2.75, 3.05) is 0 Å². The number of carbonyl (C=O) groups is 1. The van der Waals surface area contributed by atoms with Crippen molar-refractivity contribution >= 4 is 16.8 Å². The quantitative estimate of drug-likeness (QED) is 0.783. The second-order valence-electron chi connectivity index (χ2n) is 5.52. The van der Waals surface area contributed by atoms with Gasteiger partial charge < -0.3 is 15.4 Å². The van der Waals surface area contributed by atoms with Crippen LogP contribution in [0.2, 0.25) is 0 Å². The van der Waals surface area contributed by atoms with Gasteiger partial charge in [0.2, 0.25) is 0 Å². The Morgan fingerprint density at radius 2 is 2.00 bits per heavy atom. The van der Waals surface area contributed by atoms with Crippen molar-refractivity contribution in [1.29, 1.82) is 0 Å². The molecule has 0 aliphatic heterocycles. The van der Waals surface area contributed by atoms with Crippen LogP contribution in [0.5, 0.6) is 0 Å². The van der Waals surface area contributed by atoms with E-state index in [0.717, 1.165) is 19.3 Å². The summed E-state index contributed by atoms with van der Waals surface area (Å²) < 4.78 is 0. The van der Waals surface area contributed by atoms with Gasteiger partial charge in [-0.05, 0) is 25.0 Å². The first-order valence-electron chi connectivity index (χ1n) is 7.26. The lowest BCUT2D eigenvalue weighted by Gasteiger charge is -2.28. The summed E-state index contributed by atoms with van der Waals surface area (Å²) in [6, 6.07) is 8.16. The monoisotopic (exact) mass is 286 g/mol. The SMILES string of the molecule is O=C(N[C@H]1CCCC[C@@H]1O)c1cc(=O)c2ccccc2[nH]1. The molecule has 1 aromatic heterocycles. The molecular weight excluding hydrogens is 268 g/mol. The molecule has 0 spiro atoms. The fourth-order valence-corrected chi connectivity index (χ4v) is 2.85. The van der Waals surface area contributed by atoms with Crippen LogP contribution in [-0.2, 0) is 0 Å². The predicted octanol–water partition coefficient (Wildman–Crippen LogP) is 1.56. The van der Waals surface area contributed by atoms with E-state index in [4.69, 9.17) is 0 Å². The largest absolute Gasteiger partial charge is 0.391 e. The molecule has 1 saturated carbocycles. The summed E-state index contributed by atoms with van der Waals surface area (Å²) in [5, 5.41) is 13.3. The van der Waals surface area contributed by atoms with Crippen molar-refractivity contribution < 1.29 is 9.90 Å². The first kappa shape index (κ1) is 13.8. The normalized spacial score (nSPS) is 22.1. The Labute approximate surface area is 122 Å². The first-order valence-corrected chi connectivity index (χ1v) is 7.26. The molecule has 1 amide bonds. The van der Waals surface area contributed by atoms with Crippen LogP contribution >= 0.6 is 0 Å². The molecule has 110 valence electrons. The van der Waals surface area contributed by atoms with Crippen molar-refractivity contribution in [3.63, 3.8) is 0 Å². The van der Waals surface area contributed by atoms with Crippen LogP contribution in [0.3, 0.4) is 0 Å². The van der Waals surface area contributed by atoms with Crippen LogP contribution in [-0.4, -0.2) is 28.1 Å². The highest BCUT2D eigenvalue weighted by Crippen LogP contribution is 2.18. The number of aromatic nitrogens is 1. The number of pyridine rings is 1. The number of fused-ring (bicyclic) bond motifs is 1. The zero-order valence-corrected chi connectivity index (χ0v) is 11.6. The maximum absolute atomic E-state index is 12.3. The van der Waals surface area contributed by atoms with E-state index in [9.17, 15) is 14.7 Å². The van der Waals surface area contributed by atoms with Crippen molar-refractivity contribution in [3.8, 4) is 0 Å². The third-order valence-electron chi connectivity index (χ3n) is 4.03. The van der Waals surface area contributed by atoms with Crippen molar-refractivity contribution in [2.45, 2.75) is 37.8 Å². The number of para-hydroxylation sites is 1. The number of amides is 1. The van der Waals surface area contributed by atoms with E-state index in [1.165, 1.54) is 6.07 Å². The Kier molecular flexibility index (Phi) is 3.75. The Balaban J connectivity index is 1.86. The molecule has 1 aliphatic carbocycles. The molecule has 0 unspecified atom stereocenters. The summed E-state index contributed by atoms with van der Waals surface area (Å²) in [6.07, 6.45) is 2.95. The summed E-state index contributed by atoms with van der Waals surface area (Å²) in [7, 11) is 0. The summed E-state index contributed by atoms with van der Waals surface area (Å²) >= 11 is 0. The van der Waals surface area contributed by atoms with Crippen LogP contribution in [0.4, 0.5) is 0 Å². The van der Waals surface area contributed by atoms with E-state index in [-0.39, 0.29) is 23.1 Å². The van der Waals surface area contributed by atoms with Gasteiger partial charge in [-0.2, -0.15) is 0 Å². The van der Waals surface area contributed by atoms with Crippen LogP contribution in [0.25, 0.3) is 10.9 Å².